The van der Waals surface area contributed by atoms with Crippen molar-refractivity contribution < 1.29 is 19.4 Å². The van der Waals surface area contributed by atoms with E-state index in [2.05, 4.69) is 0 Å². The van der Waals surface area contributed by atoms with Gasteiger partial charge in [-0.25, -0.2) is 0 Å². The lowest BCUT2D eigenvalue weighted by Crippen LogP contribution is -2.38. The molecule has 1 N–H and O–H groups in total. The Kier molecular flexibility index (Phi) is 3.73. The van der Waals surface area contributed by atoms with Gasteiger partial charge in [-0.15, -0.1) is 0 Å². The number of carbonyl (C=O) groups excluding carboxylic acids is 1. The van der Waals surface area contributed by atoms with Crippen LogP contribution in [0.1, 0.15) is 17.2 Å². The molecule has 22 heavy (non-hydrogen) atoms. The molecule has 1 aliphatic heterocycles. The van der Waals surface area contributed by atoms with E-state index in [1.807, 2.05) is 30.3 Å². The normalized spacial score (nSPS) is 17.0. The molecule has 2 aromatic rings. The summed E-state index contributed by atoms with van der Waals surface area (Å²) in [6, 6.07) is 12.8. The van der Waals surface area contributed by atoms with E-state index >= 15 is 0 Å². The minimum absolute atomic E-state index is 0.131. The number of fused-ring (bicyclic) bond motifs is 1. The standard InChI is InChI=1S/C17H17NO4/c1-18-13-8-11(10-19)9-14(21-2)16(13)22-15(17(18)20)12-6-4-3-5-7-12/h3-9,15,19H,10H2,1-2H3. The van der Waals surface area contributed by atoms with Gasteiger partial charge >= 0.3 is 0 Å². The Morgan fingerprint density at radius 2 is 2.00 bits per heavy atom. The van der Waals surface area contributed by atoms with E-state index in [9.17, 15) is 9.90 Å². The molecule has 5 nitrogen and oxygen atoms in total. The van der Waals surface area contributed by atoms with Crippen LogP contribution >= 0.6 is 0 Å². The molecular weight excluding hydrogens is 282 g/mol. The third kappa shape index (κ3) is 2.29. The van der Waals surface area contributed by atoms with Gasteiger partial charge in [0.2, 0.25) is 6.10 Å². The van der Waals surface area contributed by atoms with E-state index in [4.69, 9.17) is 9.47 Å². The maximum absolute atomic E-state index is 12.6. The number of likely N-dealkylation sites (N-methyl/N-ethyl adjacent to an activating group) is 1. The molecule has 0 fully saturated rings. The van der Waals surface area contributed by atoms with Gasteiger partial charge in [0.05, 0.1) is 19.4 Å². The SMILES string of the molecule is COc1cc(CO)cc2c1OC(c1ccccc1)C(=O)N2C. The number of aliphatic hydroxyl groups excluding tert-OH is 1. The monoisotopic (exact) mass is 299 g/mol. The number of anilines is 1. The number of carbonyl (C=O) groups is 1. The third-order valence-electron chi connectivity index (χ3n) is 3.75. The van der Waals surface area contributed by atoms with Crippen molar-refractivity contribution in [2.75, 3.05) is 19.1 Å². The highest BCUT2D eigenvalue weighted by Crippen LogP contribution is 2.45. The van der Waals surface area contributed by atoms with Gasteiger partial charge in [0.1, 0.15) is 0 Å². The molecule has 114 valence electrons. The fraction of sp³-hybridized carbons (Fsp3) is 0.235. The predicted molar refractivity (Wildman–Crippen MR) is 82.1 cm³/mol. The van der Waals surface area contributed by atoms with Crippen LogP contribution in [0.25, 0.3) is 0 Å². The molecule has 0 radical (unpaired) electrons. The second kappa shape index (κ2) is 5.69. The quantitative estimate of drug-likeness (QED) is 0.944. The largest absolute Gasteiger partial charge is 0.493 e. The van der Waals surface area contributed by atoms with Crippen LogP contribution in [0.15, 0.2) is 42.5 Å². The van der Waals surface area contributed by atoms with Gasteiger partial charge in [-0.3, -0.25) is 4.79 Å². The Bertz CT molecular complexity index is 699. The molecule has 3 rings (SSSR count). The Balaban J connectivity index is 2.10. The molecular formula is C17H17NO4. The van der Waals surface area contributed by atoms with Gasteiger partial charge in [-0.1, -0.05) is 30.3 Å². The summed E-state index contributed by atoms with van der Waals surface area (Å²) in [4.78, 5) is 14.1. The van der Waals surface area contributed by atoms with Gasteiger partial charge < -0.3 is 19.5 Å². The van der Waals surface area contributed by atoms with Crippen LogP contribution in [0.5, 0.6) is 11.5 Å². The third-order valence-corrected chi connectivity index (χ3v) is 3.75. The van der Waals surface area contributed by atoms with Crippen molar-refractivity contribution in [3.63, 3.8) is 0 Å². The lowest BCUT2D eigenvalue weighted by atomic mass is 10.0. The van der Waals surface area contributed by atoms with Gasteiger partial charge in [0, 0.05) is 12.6 Å². The number of amides is 1. The van der Waals surface area contributed by atoms with Crippen LogP contribution in [-0.2, 0) is 11.4 Å². The highest BCUT2D eigenvalue weighted by atomic mass is 16.5. The molecule has 5 heteroatoms. The lowest BCUT2D eigenvalue weighted by molar-refractivity contribution is -0.126. The Morgan fingerprint density at radius 3 is 2.64 bits per heavy atom. The van der Waals surface area contributed by atoms with Gasteiger partial charge in [0.25, 0.3) is 5.91 Å². The molecule has 1 unspecified atom stereocenters. The number of methoxy groups -OCH3 is 1. The summed E-state index contributed by atoms with van der Waals surface area (Å²) in [5.41, 5.74) is 2.05. The van der Waals surface area contributed by atoms with Crippen LogP contribution in [0.4, 0.5) is 5.69 Å². The molecule has 1 aliphatic rings. The molecule has 0 saturated heterocycles. The summed E-state index contributed by atoms with van der Waals surface area (Å²) < 4.78 is 11.3. The molecule has 0 saturated carbocycles. The Hall–Kier alpha value is -2.53. The summed E-state index contributed by atoms with van der Waals surface area (Å²) >= 11 is 0. The number of aliphatic hydroxyl groups is 1. The highest BCUT2D eigenvalue weighted by molar-refractivity contribution is 6.00. The minimum Gasteiger partial charge on any atom is -0.493 e. The summed E-state index contributed by atoms with van der Waals surface area (Å²) in [5, 5.41) is 9.34. The topological polar surface area (TPSA) is 59.0 Å². The van der Waals surface area contributed by atoms with Gasteiger partial charge in [-0.2, -0.15) is 0 Å². The van der Waals surface area contributed by atoms with Crippen molar-refractivity contribution >= 4 is 11.6 Å². The first-order valence-electron chi connectivity index (χ1n) is 6.96. The molecule has 1 atom stereocenters. The van der Waals surface area contributed by atoms with Crippen LogP contribution in [0.3, 0.4) is 0 Å². The number of nitrogens with zero attached hydrogens (tertiary/aromatic N) is 1. The summed E-state index contributed by atoms with van der Waals surface area (Å²) in [7, 11) is 3.23. The second-order valence-electron chi connectivity index (χ2n) is 5.11. The summed E-state index contributed by atoms with van der Waals surface area (Å²) in [6.07, 6.45) is -0.701. The van der Waals surface area contributed by atoms with E-state index in [1.54, 1.807) is 19.2 Å². The molecule has 1 amide bonds. The van der Waals surface area contributed by atoms with Crippen molar-refractivity contribution in [3.8, 4) is 11.5 Å². The minimum atomic E-state index is -0.701. The summed E-state index contributed by atoms with van der Waals surface area (Å²) in [5.74, 6) is 0.855. The fourth-order valence-corrected chi connectivity index (χ4v) is 2.55. The van der Waals surface area contributed by atoms with Gasteiger partial charge in [-0.05, 0) is 17.7 Å². The van der Waals surface area contributed by atoms with Crippen molar-refractivity contribution in [2.24, 2.45) is 0 Å². The van der Waals surface area contributed by atoms with E-state index in [0.29, 0.717) is 22.7 Å². The first kappa shape index (κ1) is 14.4. The first-order chi connectivity index (χ1) is 10.7. The highest BCUT2D eigenvalue weighted by Gasteiger charge is 2.35. The fourth-order valence-electron chi connectivity index (χ4n) is 2.55. The summed E-state index contributed by atoms with van der Waals surface area (Å²) in [6.45, 7) is -0.131. The van der Waals surface area contributed by atoms with Gasteiger partial charge in [0.15, 0.2) is 11.5 Å². The molecule has 1 heterocycles. The van der Waals surface area contributed by atoms with Crippen molar-refractivity contribution in [1.82, 2.24) is 0 Å². The second-order valence-corrected chi connectivity index (χ2v) is 5.11. The molecule has 2 aromatic carbocycles. The lowest BCUT2D eigenvalue weighted by Gasteiger charge is -2.33. The van der Waals surface area contributed by atoms with Crippen LogP contribution < -0.4 is 14.4 Å². The number of ether oxygens (including phenoxy) is 2. The number of hydrogen-bond acceptors (Lipinski definition) is 4. The van der Waals surface area contributed by atoms with E-state index in [0.717, 1.165) is 5.56 Å². The first-order valence-corrected chi connectivity index (χ1v) is 6.96. The van der Waals surface area contributed by atoms with E-state index in [1.165, 1.54) is 12.0 Å². The maximum Gasteiger partial charge on any atom is 0.272 e. The molecule has 0 bridgehead atoms. The van der Waals surface area contributed by atoms with Crippen molar-refractivity contribution in [3.05, 3.63) is 53.6 Å². The average molecular weight is 299 g/mol. The molecule has 0 aromatic heterocycles. The zero-order chi connectivity index (χ0) is 15.7. The zero-order valence-corrected chi connectivity index (χ0v) is 12.4. The number of benzene rings is 2. The number of rotatable bonds is 3. The molecule has 0 aliphatic carbocycles. The van der Waals surface area contributed by atoms with Crippen LogP contribution in [0, 0.1) is 0 Å². The van der Waals surface area contributed by atoms with Crippen LogP contribution in [0.2, 0.25) is 0 Å². The number of hydrogen-bond donors (Lipinski definition) is 1. The van der Waals surface area contributed by atoms with E-state index in [-0.39, 0.29) is 12.5 Å². The van der Waals surface area contributed by atoms with Crippen molar-refractivity contribution in [1.29, 1.82) is 0 Å². The van der Waals surface area contributed by atoms with Crippen molar-refractivity contribution in [2.45, 2.75) is 12.7 Å². The Labute approximate surface area is 128 Å². The Morgan fingerprint density at radius 1 is 1.27 bits per heavy atom. The zero-order valence-electron chi connectivity index (χ0n) is 12.4. The predicted octanol–water partition coefficient (Wildman–Crippen LogP) is 2.28. The van der Waals surface area contributed by atoms with Crippen LogP contribution in [-0.4, -0.2) is 25.2 Å². The average Bonchev–Trinajstić information content (AvgIpc) is 2.57. The molecule has 0 spiro atoms. The smallest absolute Gasteiger partial charge is 0.272 e. The maximum atomic E-state index is 12.6. The van der Waals surface area contributed by atoms with E-state index < -0.39 is 6.10 Å².